The highest BCUT2D eigenvalue weighted by Crippen LogP contribution is 2.20. The molecular weight excluding hydrogens is 260 g/mol. The van der Waals surface area contributed by atoms with Crippen LogP contribution in [-0.4, -0.2) is 15.0 Å². The Balaban J connectivity index is 1.95. The molecule has 0 radical (unpaired) electrons. The molecule has 4 nitrogen and oxygen atoms in total. The molecule has 0 saturated heterocycles. The average molecular weight is 276 g/mol. The normalized spacial score (nSPS) is 15.0. The van der Waals surface area contributed by atoms with E-state index < -0.39 is 10.0 Å². The third-order valence-corrected chi connectivity index (χ3v) is 4.64. The van der Waals surface area contributed by atoms with E-state index in [1.54, 1.807) is 0 Å². The van der Waals surface area contributed by atoms with Crippen molar-refractivity contribution in [2.45, 2.75) is 30.6 Å². The Morgan fingerprint density at radius 3 is 2.58 bits per heavy atom. The van der Waals surface area contributed by atoms with Crippen molar-refractivity contribution in [1.29, 1.82) is 5.26 Å². The lowest BCUT2D eigenvalue weighted by molar-refractivity contribution is 0.581. The molecule has 100 valence electrons. The Labute approximate surface area is 113 Å². The van der Waals surface area contributed by atoms with Gasteiger partial charge in [0.05, 0.1) is 16.5 Å². The summed E-state index contributed by atoms with van der Waals surface area (Å²) in [6, 6.07) is 7.89. The zero-order valence-corrected chi connectivity index (χ0v) is 11.4. The molecule has 1 N–H and O–H groups in total. The minimum atomic E-state index is -3.46. The van der Waals surface area contributed by atoms with Gasteiger partial charge in [-0.2, -0.15) is 5.26 Å². The van der Waals surface area contributed by atoms with E-state index in [0.717, 1.165) is 19.3 Å². The highest BCUT2D eigenvalue weighted by atomic mass is 32.2. The van der Waals surface area contributed by atoms with E-state index in [9.17, 15) is 8.42 Å². The van der Waals surface area contributed by atoms with Crippen molar-refractivity contribution in [3.63, 3.8) is 0 Å². The van der Waals surface area contributed by atoms with Crippen molar-refractivity contribution in [1.82, 2.24) is 4.72 Å². The van der Waals surface area contributed by atoms with Gasteiger partial charge in [-0.05, 0) is 49.9 Å². The predicted octanol–water partition coefficient (Wildman–Crippen LogP) is 2.34. The Kier molecular flexibility index (Phi) is 4.35. The average Bonchev–Trinajstić information content (AvgIpc) is 2.92. The van der Waals surface area contributed by atoms with Gasteiger partial charge >= 0.3 is 0 Å². The van der Waals surface area contributed by atoms with Crippen LogP contribution >= 0.6 is 0 Å². The Bertz CT molecular complexity index is 610. The molecule has 0 unspecified atom stereocenters. The SMILES string of the molecule is N#Cc1ccc(S(=O)(=O)NCCC2=CCCC2)cc1. The van der Waals surface area contributed by atoms with E-state index >= 15 is 0 Å². The molecule has 0 heterocycles. The maximum absolute atomic E-state index is 12.0. The molecule has 1 aromatic carbocycles. The first-order valence-corrected chi connectivity index (χ1v) is 7.78. The van der Waals surface area contributed by atoms with Crippen LogP contribution in [0.4, 0.5) is 0 Å². The molecule has 0 saturated carbocycles. The number of nitrogens with one attached hydrogen (secondary N) is 1. The molecule has 0 fully saturated rings. The second-order valence-corrected chi connectivity index (χ2v) is 6.31. The van der Waals surface area contributed by atoms with Crippen molar-refractivity contribution >= 4 is 10.0 Å². The number of allylic oxidation sites excluding steroid dienone is 1. The van der Waals surface area contributed by atoms with Gasteiger partial charge in [-0.1, -0.05) is 11.6 Å². The summed E-state index contributed by atoms with van der Waals surface area (Å²) in [4.78, 5) is 0.201. The van der Waals surface area contributed by atoms with Crippen LogP contribution in [0.15, 0.2) is 40.8 Å². The summed E-state index contributed by atoms with van der Waals surface area (Å²) in [7, 11) is -3.46. The Morgan fingerprint density at radius 1 is 1.26 bits per heavy atom. The van der Waals surface area contributed by atoms with Crippen molar-refractivity contribution < 1.29 is 8.42 Å². The summed E-state index contributed by atoms with van der Waals surface area (Å²) >= 11 is 0. The van der Waals surface area contributed by atoms with E-state index in [1.807, 2.05) is 6.07 Å². The second kappa shape index (κ2) is 6.00. The van der Waals surface area contributed by atoms with Crippen LogP contribution in [0.1, 0.15) is 31.2 Å². The number of rotatable bonds is 5. The number of benzene rings is 1. The van der Waals surface area contributed by atoms with E-state index in [2.05, 4.69) is 10.8 Å². The van der Waals surface area contributed by atoms with Crippen LogP contribution in [0.3, 0.4) is 0 Å². The van der Waals surface area contributed by atoms with Gasteiger partial charge in [-0.25, -0.2) is 13.1 Å². The first-order chi connectivity index (χ1) is 9.12. The number of hydrogen-bond acceptors (Lipinski definition) is 3. The largest absolute Gasteiger partial charge is 0.240 e. The second-order valence-electron chi connectivity index (χ2n) is 4.54. The smallest absolute Gasteiger partial charge is 0.211 e. The lowest BCUT2D eigenvalue weighted by Crippen LogP contribution is -2.25. The zero-order valence-electron chi connectivity index (χ0n) is 10.6. The fourth-order valence-corrected chi connectivity index (χ4v) is 3.13. The molecule has 0 aliphatic heterocycles. The van der Waals surface area contributed by atoms with E-state index in [0.29, 0.717) is 12.1 Å². The van der Waals surface area contributed by atoms with E-state index in [4.69, 9.17) is 5.26 Å². The summed E-state index contributed by atoms with van der Waals surface area (Å²) in [6.07, 6.45) is 6.33. The topological polar surface area (TPSA) is 70.0 Å². The highest BCUT2D eigenvalue weighted by Gasteiger charge is 2.13. The summed E-state index contributed by atoms with van der Waals surface area (Å²) in [6.45, 7) is 0.425. The maximum Gasteiger partial charge on any atom is 0.240 e. The summed E-state index contributed by atoms with van der Waals surface area (Å²) in [5.41, 5.74) is 1.79. The molecule has 19 heavy (non-hydrogen) atoms. The van der Waals surface area contributed by atoms with Gasteiger partial charge in [-0.15, -0.1) is 0 Å². The lowest BCUT2D eigenvalue weighted by atomic mass is 10.2. The molecule has 1 aromatic rings. The molecule has 2 rings (SSSR count). The third-order valence-electron chi connectivity index (χ3n) is 3.17. The summed E-state index contributed by atoms with van der Waals surface area (Å²) < 4.78 is 26.6. The maximum atomic E-state index is 12.0. The van der Waals surface area contributed by atoms with Gasteiger partial charge in [0.2, 0.25) is 10.0 Å². The fraction of sp³-hybridized carbons (Fsp3) is 0.357. The minimum Gasteiger partial charge on any atom is -0.211 e. The summed E-state index contributed by atoms with van der Waals surface area (Å²) in [5.74, 6) is 0. The molecule has 0 atom stereocenters. The Morgan fingerprint density at radius 2 is 2.00 bits per heavy atom. The van der Waals surface area contributed by atoms with Crippen molar-refractivity contribution in [2.24, 2.45) is 0 Å². The van der Waals surface area contributed by atoms with Crippen molar-refractivity contribution in [3.05, 3.63) is 41.5 Å². The van der Waals surface area contributed by atoms with Gasteiger partial charge in [-0.3, -0.25) is 0 Å². The molecular formula is C14H16N2O2S. The predicted molar refractivity (Wildman–Crippen MR) is 72.9 cm³/mol. The van der Waals surface area contributed by atoms with E-state index in [-0.39, 0.29) is 4.90 Å². The number of sulfonamides is 1. The quantitative estimate of drug-likeness (QED) is 0.839. The van der Waals surface area contributed by atoms with Crippen LogP contribution in [0.2, 0.25) is 0 Å². The number of hydrogen-bond donors (Lipinski definition) is 1. The van der Waals surface area contributed by atoms with Crippen molar-refractivity contribution in [3.8, 4) is 6.07 Å². The van der Waals surface area contributed by atoms with Crippen molar-refractivity contribution in [2.75, 3.05) is 6.54 Å². The molecule has 1 aliphatic carbocycles. The van der Waals surface area contributed by atoms with Crippen LogP contribution in [0.25, 0.3) is 0 Å². The van der Waals surface area contributed by atoms with Gasteiger partial charge < -0.3 is 0 Å². The van der Waals surface area contributed by atoms with Gasteiger partial charge in [0, 0.05) is 6.54 Å². The van der Waals surface area contributed by atoms with Crippen LogP contribution in [0, 0.1) is 11.3 Å². The zero-order chi connectivity index (χ0) is 13.7. The summed E-state index contributed by atoms with van der Waals surface area (Å²) in [5, 5.41) is 8.67. The number of nitriles is 1. The molecule has 0 aromatic heterocycles. The van der Waals surface area contributed by atoms with Crippen LogP contribution in [-0.2, 0) is 10.0 Å². The van der Waals surface area contributed by atoms with Gasteiger partial charge in [0.15, 0.2) is 0 Å². The molecule has 5 heteroatoms. The third kappa shape index (κ3) is 3.66. The minimum absolute atomic E-state index is 0.201. The van der Waals surface area contributed by atoms with Gasteiger partial charge in [0.25, 0.3) is 0 Å². The monoisotopic (exact) mass is 276 g/mol. The molecule has 0 spiro atoms. The fourth-order valence-electron chi connectivity index (χ4n) is 2.10. The number of nitrogens with zero attached hydrogens (tertiary/aromatic N) is 1. The molecule has 0 amide bonds. The Hall–Kier alpha value is -1.64. The molecule has 0 bridgehead atoms. The lowest BCUT2D eigenvalue weighted by Gasteiger charge is -2.07. The van der Waals surface area contributed by atoms with Crippen LogP contribution in [0.5, 0.6) is 0 Å². The van der Waals surface area contributed by atoms with E-state index in [1.165, 1.54) is 36.3 Å². The van der Waals surface area contributed by atoms with Gasteiger partial charge in [0.1, 0.15) is 0 Å². The molecule has 1 aliphatic rings. The standard InChI is InChI=1S/C14H16N2O2S/c15-11-13-5-7-14(8-6-13)19(17,18)16-10-9-12-3-1-2-4-12/h3,5-8,16H,1-2,4,9-10H2. The highest BCUT2D eigenvalue weighted by molar-refractivity contribution is 7.89. The first kappa shape index (κ1) is 13.8. The van der Waals surface area contributed by atoms with Crippen LogP contribution < -0.4 is 4.72 Å². The first-order valence-electron chi connectivity index (χ1n) is 6.29.